The zero-order valence-electron chi connectivity index (χ0n) is 19.2. The first-order chi connectivity index (χ1) is 15.4. The molecule has 0 aliphatic rings. The van der Waals surface area contributed by atoms with Gasteiger partial charge in [-0.05, 0) is 63.1 Å². The molecule has 5 nitrogen and oxygen atoms in total. The molecule has 0 radical (unpaired) electrons. The van der Waals surface area contributed by atoms with Crippen LogP contribution in [0, 0.1) is 17.5 Å². The third kappa shape index (κ3) is 10.5. The Morgan fingerprint density at radius 1 is 0.848 bits per heavy atom. The minimum Gasteiger partial charge on any atom is -0.444 e. The fraction of sp³-hybridized carbons (Fsp3) is 0.240. The molecule has 33 heavy (non-hydrogen) atoms. The van der Waals surface area contributed by atoms with Gasteiger partial charge in [-0.25, -0.2) is 18.0 Å². The van der Waals surface area contributed by atoms with E-state index in [1.165, 1.54) is 30.3 Å². The molecule has 8 heteroatoms. The van der Waals surface area contributed by atoms with Crippen molar-refractivity contribution in [2.75, 3.05) is 16.8 Å². The number of carbonyl (C=O) groups is 1. The van der Waals surface area contributed by atoms with Gasteiger partial charge in [0.25, 0.3) is 0 Å². The molecule has 3 aromatic rings. The van der Waals surface area contributed by atoms with E-state index in [9.17, 15) is 18.0 Å². The van der Waals surface area contributed by atoms with Crippen molar-refractivity contribution >= 4 is 23.2 Å². The van der Waals surface area contributed by atoms with Crippen LogP contribution in [0.15, 0.2) is 66.7 Å². The van der Waals surface area contributed by atoms with Crippen molar-refractivity contribution in [1.29, 1.82) is 0 Å². The summed E-state index contributed by atoms with van der Waals surface area (Å²) in [6, 6.07) is 16.9. The van der Waals surface area contributed by atoms with Crippen molar-refractivity contribution in [2.45, 2.75) is 39.7 Å². The van der Waals surface area contributed by atoms with Crippen LogP contribution in [0.2, 0.25) is 0 Å². The van der Waals surface area contributed by atoms with Gasteiger partial charge in [0.15, 0.2) is 0 Å². The van der Waals surface area contributed by atoms with Crippen LogP contribution in [0.5, 0.6) is 0 Å². The Bertz CT molecular complexity index is 1020. The number of anilines is 3. The smallest absolute Gasteiger partial charge is 0.412 e. The Morgan fingerprint density at radius 3 is 1.85 bits per heavy atom. The molecule has 0 atom stereocenters. The fourth-order valence-corrected chi connectivity index (χ4v) is 2.34. The van der Waals surface area contributed by atoms with Crippen LogP contribution in [0.1, 0.15) is 33.3 Å². The quantitative estimate of drug-likeness (QED) is 0.378. The first-order valence-electron chi connectivity index (χ1n) is 10.2. The highest BCUT2D eigenvalue weighted by molar-refractivity contribution is 5.84. The average Bonchev–Trinajstić information content (AvgIpc) is 2.74. The van der Waals surface area contributed by atoms with Gasteiger partial charge in [-0.3, -0.25) is 5.32 Å². The SMILES string of the molecule is CC(C)(C)OC(=O)Nc1ccccc1F.CCc1cccc(F)c1N.Nc1ccccc1F. The van der Waals surface area contributed by atoms with E-state index in [1.54, 1.807) is 51.1 Å². The van der Waals surface area contributed by atoms with Gasteiger partial charge >= 0.3 is 6.09 Å². The summed E-state index contributed by atoms with van der Waals surface area (Å²) >= 11 is 0. The van der Waals surface area contributed by atoms with Gasteiger partial charge in [0.2, 0.25) is 0 Å². The molecule has 5 N–H and O–H groups in total. The number of nitrogen functional groups attached to an aromatic ring is 2. The lowest BCUT2D eigenvalue weighted by molar-refractivity contribution is 0.0635. The molecule has 0 bridgehead atoms. The highest BCUT2D eigenvalue weighted by Gasteiger charge is 2.16. The van der Waals surface area contributed by atoms with E-state index in [-0.39, 0.29) is 28.7 Å². The van der Waals surface area contributed by atoms with Crippen LogP contribution in [0.4, 0.5) is 35.0 Å². The van der Waals surface area contributed by atoms with E-state index in [4.69, 9.17) is 16.2 Å². The van der Waals surface area contributed by atoms with Crippen molar-refractivity contribution in [2.24, 2.45) is 0 Å². The lowest BCUT2D eigenvalue weighted by Crippen LogP contribution is -2.27. The number of hydrogen-bond donors (Lipinski definition) is 3. The normalized spacial score (nSPS) is 10.2. The number of para-hydroxylation sites is 3. The summed E-state index contributed by atoms with van der Waals surface area (Å²) in [5, 5.41) is 2.33. The zero-order chi connectivity index (χ0) is 25.0. The standard InChI is InChI=1S/C11H14FNO2.C8H10FN.C6H6FN/c1-11(2,3)15-10(14)13-9-7-5-4-6-8(9)12;1-2-6-4-3-5-7(9)8(6)10;7-5-3-1-2-4-6(5)8/h4-7H,1-3H3,(H,13,14);3-5H,2,10H2,1H3;1-4H,8H2. The number of ether oxygens (including phenoxy) is 1. The number of benzene rings is 3. The maximum Gasteiger partial charge on any atom is 0.412 e. The second kappa shape index (κ2) is 13.0. The predicted octanol–water partition coefficient (Wildman–Crippen LogP) is 6.55. The van der Waals surface area contributed by atoms with E-state index in [1.807, 2.05) is 13.0 Å². The highest BCUT2D eigenvalue weighted by Crippen LogP contribution is 2.16. The molecular formula is C25H30F3N3O2. The van der Waals surface area contributed by atoms with Crippen LogP contribution in [0.3, 0.4) is 0 Å². The van der Waals surface area contributed by atoms with Gasteiger partial charge in [-0.2, -0.15) is 0 Å². The summed E-state index contributed by atoms with van der Waals surface area (Å²) in [4.78, 5) is 11.3. The molecule has 0 unspecified atom stereocenters. The molecule has 0 aliphatic carbocycles. The first kappa shape index (κ1) is 27.4. The minimum atomic E-state index is -0.660. The molecule has 0 aliphatic heterocycles. The van der Waals surface area contributed by atoms with Crippen LogP contribution < -0.4 is 16.8 Å². The molecule has 0 heterocycles. The second-order valence-corrected chi connectivity index (χ2v) is 7.79. The number of hydrogen-bond acceptors (Lipinski definition) is 4. The molecule has 0 saturated carbocycles. The van der Waals surface area contributed by atoms with Crippen LogP contribution in [-0.2, 0) is 11.2 Å². The number of nitrogens with one attached hydrogen (secondary N) is 1. The molecule has 0 saturated heterocycles. The van der Waals surface area contributed by atoms with E-state index in [0.29, 0.717) is 0 Å². The van der Waals surface area contributed by atoms with Gasteiger partial charge in [0.05, 0.1) is 17.1 Å². The number of rotatable bonds is 2. The average molecular weight is 462 g/mol. The number of halogens is 3. The number of aryl methyl sites for hydroxylation is 1. The van der Waals surface area contributed by atoms with Crippen molar-refractivity contribution in [3.8, 4) is 0 Å². The monoisotopic (exact) mass is 461 g/mol. The van der Waals surface area contributed by atoms with Crippen LogP contribution in [-0.4, -0.2) is 11.7 Å². The van der Waals surface area contributed by atoms with Gasteiger partial charge in [0, 0.05) is 0 Å². The third-order valence-corrected chi connectivity index (χ3v) is 3.94. The van der Waals surface area contributed by atoms with Gasteiger partial charge in [-0.1, -0.05) is 43.3 Å². The molecule has 178 valence electrons. The Hall–Kier alpha value is -3.68. The topological polar surface area (TPSA) is 90.4 Å². The van der Waals surface area contributed by atoms with Crippen LogP contribution in [0.25, 0.3) is 0 Å². The summed E-state index contributed by atoms with van der Waals surface area (Å²) in [6.45, 7) is 7.18. The highest BCUT2D eigenvalue weighted by atomic mass is 19.1. The maximum absolute atomic E-state index is 13.1. The third-order valence-electron chi connectivity index (χ3n) is 3.94. The van der Waals surface area contributed by atoms with Crippen molar-refractivity contribution in [3.05, 3.63) is 89.7 Å². The van der Waals surface area contributed by atoms with Gasteiger partial charge in [0.1, 0.15) is 23.1 Å². The molecule has 0 aromatic heterocycles. The molecule has 3 aromatic carbocycles. The second-order valence-electron chi connectivity index (χ2n) is 7.79. The summed E-state index contributed by atoms with van der Waals surface area (Å²) in [6.07, 6.45) is 0.122. The minimum absolute atomic E-state index is 0.117. The van der Waals surface area contributed by atoms with Crippen molar-refractivity contribution < 1.29 is 22.7 Å². The molecule has 1 amide bonds. The number of amides is 1. The lowest BCUT2D eigenvalue weighted by Gasteiger charge is -2.19. The van der Waals surface area contributed by atoms with Crippen molar-refractivity contribution in [3.63, 3.8) is 0 Å². The van der Waals surface area contributed by atoms with E-state index < -0.39 is 17.5 Å². The Labute approximate surface area is 192 Å². The number of nitrogens with two attached hydrogens (primary N) is 2. The van der Waals surface area contributed by atoms with E-state index in [0.717, 1.165) is 12.0 Å². The van der Waals surface area contributed by atoms with Gasteiger partial charge in [-0.15, -0.1) is 0 Å². The molecule has 3 rings (SSSR count). The molecule has 0 spiro atoms. The van der Waals surface area contributed by atoms with Crippen LogP contribution >= 0.6 is 0 Å². The molecular weight excluding hydrogens is 431 g/mol. The fourth-order valence-electron chi connectivity index (χ4n) is 2.34. The Kier molecular flexibility index (Phi) is 10.8. The summed E-state index contributed by atoms with van der Waals surface area (Å²) in [5.41, 5.74) is 11.5. The Morgan fingerprint density at radius 2 is 1.39 bits per heavy atom. The van der Waals surface area contributed by atoms with E-state index in [2.05, 4.69) is 5.32 Å². The first-order valence-corrected chi connectivity index (χ1v) is 10.2. The molecule has 0 fully saturated rings. The summed E-state index contributed by atoms with van der Waals surface area (Å²) in [7, 11) is 0. The predicted molar refractivity (Wildman–Crippen MR) is 127 cm³/mol. The Balaban J connectivity index is 0.000000262. The summed E-state index contributed by atoms with van der Waals surface area (Å²) < 4.78 is 42.9. The van der Waals surface area contributed by atoms with Gasteiger partial charge < -0.3 is 16.2 Å². The largest absolute Gasteiger partial charge is 0.444 e. The lowest BCUT2D eigenvalue weighted by atomic mass is 10.1. The maximum atomic E-state index is 13.1. The van der Waals surface area contributed by atoms with E-state index >= 15 is 0 Å². The zero-order valence-corrected chi connectivity index (χ0v) is 19.2. The summed E-state index contributed by atoms with van der Waals surface area (Å²) in [5.74, 6) is -1.16. The van der Waals surface area contributed by atoms with Crippen molar-refractivity contribution in [1.82, 2.24) is 0 Å². The number of carbonyl (C=O) groups excluding carboxylic acids is 1.